The summed E-state index contributed by atoms with van der Waals surface area (Å²) in [5.41, 5.74) is -7.00. The van der Waals surface area contributed by atoms with Gasteiger partial charge in [-0.25, -0.2) is 14.2 Å². The van der Waals surface area contributed by atoms with Crippen molar-refractivity contribution >= 4 is 23.4 Å². The van der Waals surface area contributed by atoms with Crippen molar-refractivity contribution in [3.63, 3.8) is 0 Å². The Morgan fingerprint density at radius 1 is 1.13 bits per heavy atom. The van der Waals surface area contributed by atoms with Crippen molar-refractivity contribution in [1.29, 1.82) is 0 Å². The number of hydrogen-bond acceptors (Lipinski definition) is 12. The molecule has 2 amide bonds. The van der Waals surface area contributed by atoms with E-state index in [1.165, 1.54) is 43.5 Å². The number of amides is 2. The third kappa shape index (κ3) is 10.3. The van der Waals surface area contributed by atoms with Crippen LogP contribution in [0.4, 0.5) is 9.18 Å². The van der Waals surface area contributed by atoms with Crippen molar-refractivity contribution in [2.75, 3.05) is 12.4 Å². The number of Topliss-reactive ketones (excluding diaryl/α,β-unsaturated/α-hetero) is 1. The molecule has 0 aromatic carbocycles. The third-order valence-electron chi connectivity index (χ3n) is 8.04. The highest BCUT2D eigenvalue weighted by molar-refractivity contribution is 6.18. The molecule has 1 aromatic rings. The predicted octanol–water partition coefficient (Wildman–Crippen LogP) is 1.43. The summed E-state index contributed by atoms with van der Waals surface area (Å²) in [5, 5.41) is 59.5. The number of unbranched alkanes of at least 4 members (excludes halogenated alkanes) is 10. The van der Waals surface area contributed by atoms with Crippen LogP contribution in [0.5, 0.6) is 0 Å². The van der Waals surface area contributed by atoms with Crippen LogP contribution >= 0.6 is 11.6 Å². The number of aromatic nitrogens is 2. The molecule has 1 fully saturated rings. The van der Waals surface area contributed by atoms with Crippen LogP contribution in [0, 0.1) is 10.7 Å². The van der Waals surface area contributed by atoms with E-state index in [1.807, 2.05) is 0 Å². The third-order valence-corrected chi connectivity index (χ3v) is 8.20. The molecule has 2 rings (SSSR count). The van der Waals surface area contributed by atoms with Crippen molar-refractivity contribution in [1.82, 2.24) is 19.9 Å². The fraction of sp³-hybridized carbons (Fsp3) is 0.793. The zero-order valence-corrected chi connectivity index (χ0v) is 27.1. The van der Waals surface area contributed by atoms with Crippen LogP contribution in [0.3, 0.4) is 0 Å². The number of aromatic amines is 1. The number of rotatable bonds is 21. The van der Waals surface area contributed by atoms with Gasteiger partial charge < -0.3 is 30.3 Å². The highest BCUT2D eigenvalue weighted by atomic mass is 35.5. The number of alkyl halides is 1. The molecule has 18 heteroatoms. The highest BCUT2D eigenvalue weighted by Gasteiger charge is 2.68. The Balaban J connectivity index is 2.16. The molecule has 3 unspecified atom stereocenters. The van der Waals surface area contributed by atoms with Crippen molar-refractivity contribution < 1.29 is 45.6 Å². The monoisotopic (exact) mass is 696 g/mol. The highest BCUT2D eigenvalue weighted by Crippen LogP contribution is 2.39. The fourth-order valence-corrected chi connectivity index (χ4v) is 5.44. The van der Waals surface area contributed by atoms with E-state index < -0.39 is 84.3 Å². The van der Waals surface area contributed by atoms with Gasteiger partial charge in [-0.2, -0.15) is 9.40 Å². The molecule has 0 saturated carbocycles. The van der Waals surface area contributed by atoms with Crippen LogP contribution in [0.1, 0.15) is 98.2 Å². The van der Waals surface area contributed by atoms with Crippen molar-refractivity contribution in [3.05, 3.63) is 37.8 Å². The van der Waals surface area contributed by atoms with Crippen LogP contribution in [0.25, 0.3) is 0 Å². The lowest BCUT2D eigenvalue weighted by molar-refractivity contribution is -0.438. The number of ketones is 1. The molecule has 7 N–H and O–H groups in total. The maximum absolute atomic E-state index is 14.3. The van der Waals surface area contributed by atoms with E-state index in [9.17, 15) is 54.0 Å². The molecule has 268 valence electrons. The van der Waals surface area contributed by atoms with E-state index in [2.05, 4.69) is 12.2 Å². The molecule has 2 heterocycles. The lowest BCUT2D eigenvalue weighted by Gasteiger charge is -2.53. The number of halogens is 2. The summed E-state index contributed by atoms with van der Waals surface area (Å²) in [6.07, 6.45) is 0.687. The fourth-order valence-electron chi connectivity index (χ4n) is 5.28. The molecule has 1 aliphatic rings. The molecule has 0 aliphatic carbocycles. The minimum atomic E-state index is -3.87. The normalized spacial score (nSPS) is 25.9. The number of aliphatic hydroxyl groups excluding tert-OH is 3. The van der Waals surface area contributed by atoms with Crippen LogP contribution in [0.2, 0.25) is 0 Å². The van der Waals surface area contributed by atoms with E-state index in [0.29, 0.717) is 12.8 Å². The van der Waals surface area contributed by atoms with Gasteiger partial charge in [-0.3, -0.25) is 19.9 Å². The van der Waals surface area contributed by atoms with Gasteiger partial charge in [0, 0.05) is 13.7 Å². The molecule has 1 saturated heterocycles. The predicted molar refractivity (Wildman–Crippen MR) is 166 cm³/mol. The Hall–Kier alpha value is -2.80. The summed E-state index contributed by atoms with van der Waals surface area (Å²) in [5.74, 6) is -7.04. The van der Waals surface area contributed by atoms with Crippen LogP contribution in [-0.2, 0) is 15.4 Å². The summed E-state index contributed by atoms with van der Waals surface area (Å²) in [7, 11) is 0. The van der Waals surface area contributed by atoms with Gasteiger partial charge in [0.2, 0.25) is 11.5 Å². The lowest BCUT2D eigenvalue weighted by atomic mass is 9.86. The maximum Gasteiger partial charge on any atom is 0.342 e. The number of H-pyrrole nitrogens is 1. The summed E-state index contributed by atoms with van der Waals surface area (Å²) in [6.45, 7) is 1.61. The first-order valence-corrected chi connectivity index (χ1v) is 16.3. The van der Waals surface area contributed by atoms with Crippen molar-refractivity contribution in [3.8, 4) is 0 Å². The van der Waals surface area contributed by atoms with Gasteiger partial charge in [-0.15, -0.1) is 16.5 Å². The molecule has 0 bridgehead atoms. The second kappa shape index (κ2) is 19.3. The van der Waals surface area contributed by atoms with E-state index in [1.54, 1.807) is 5.32 Å². The van der Waals surface area contributed by atoms with Gasteiger partial charge in [0.25, 0.3) is 5.56 Å². The van der Waals surface area contributed by atoms with E-state index in [0.717, 1.165) is 25.7 Å². The number of carbonyl (C=O) groups is 2. The topological polar surface area (TPSA) is 244 Å². The number of urea groups is 1. The summed E-state index contributed by atoms with van der Waals surface area (Å²) < 4.78 is 27.5. The average Bonchev–Trinajstić information content (AvgIpc) is 3.04. The standard InChI is InChI=1S/C29H47ClFN5O11/c1-2-3-4-5-6-7-8-9-10-11-12-13-14-15-20(37)21(38)23-22(39)24(40)28(44,33-27(43)36(34-46)17-16-30)29(45,47-23)35-18-19(31)25(41)32-26(35)42/h18,21-24,38-40,44-45H,2-17H2,1H3,(H,33,43)(H,32,41,42)/t21?,22-,23-,24+,28-,29?/m1/s1/i14D/t14?,21?,22-,23-,24+,28-,29?. The summed E-state index contributed by atoms with van der Waals surface area (Å²) in [4.78, 5) is 62.5. The largest absolute Gasteiger partial charge is 0.387 e. The molecule has 1 aliphatic heterocycles. The number of nitrogens with zero attached hydrogens (tertiary/aromatic N) is 3. The smallest absolute Gasteiger partial charge is 0.342 e. The Kier molecular flexibility index (Phi) is 15.8. The number of ether oxygens (including phenoxy) is 1. The van der Waals surface area contributed by atoms with Gasteiger partial charge in [0.1, 0.15) is 24.4 Å². The first kappa shape index (κ1) is 38.6. The van der Waals surface area contributed by atoms with Gasteiger partial charge in [0.05, 0.1) is 18.0 Å². The van der Waals surface area contributed by atoms with Crippen LogP contribution < -0.4 is 16.6 Å². The molecule has 0 spiro atoms. The van der Waals surface area contributed by atoms with E-state index >= 15 is 0 Å². The SMILES string of the molecule is [2H]C(CCCCCCCCCCCCC)CC(=O)C(O)[C@H]1OC(O)(n2cc(F)c(=O)[nH]c2=O)[C@@](O)(NC(=O)N(CCCl)N=O)[C@@H](O)[C@@H]1O. The van der Waals surface area contributed by atoms with Crippen LogP contribution in [0.15, 0.2) is 21.1 Å². The summed E-state index contributed by atoms with van der Waals surface area (Å²) >= 11 is 5.51. The molecule has 47 heavy (non-hydrogen) atoms. The zero-order chi connectivity index (χ0) is 36.1. The number of carbonyl (C=O) groups excluding carboxylic acids is 2. The maximum atomic E-state index is 14.3. The van der Waals surface area contributed by atoms with Gasteiger partial charge in [-0.1, -0.05) is 84.0 Å². The zero-order valence-electron chi connectivity index (χ0n) is 27.4. The van der Waals surface area contributed by atoms with Gasteiger partial charge >= 0.3 is 17.6 Å². The Labute approximate surface area is 277 Å². The number of aliphatic hydroxyl groups is 5. The molecular weight excluding hydrogens is 649 g/mol. The lowest BCUT2D eigenvalue weighted by Crippen LogP contribution is -2.81. The minimum Gasteiger partial charge on any atom is -0.387 e. The van der Waals surface area contributed by atoms with E-state index in [-0.39, 0.29) is 21.7 Å². The Bertz CT molecular complexity index is 1320. The average molecular weight is 697 g/mol. The Morgan fingerprint density at radius 3 is 2.21 bits per heavy atom. The quantitative estimate of drug-likeness (QED) is 0.0319. The van der Waals surface area contributed by atoms with E-state index in [4.69, 9.17) is 17.7 Å². The molecule has 7 atom stereocenters. The first-order valence-electron chi connectivity index (χ1n) is 16.4. The minimum absolute atomic E-state index is 0.0237. The van der Waals surface area contributed by atoms with Gasteiger partial charge in [0.15, 0.2) is 5.78 Å². The molecule has 16 nitrogen and oxygen atoms in total. The molecule has 0 radical (unpaired) electrons. The first-order chi connectivity index (χ1) is 22.7. The van der Waals surface area contributed by atoms with Crippen LogP contribution in [-0.4, -0.2) is 94.5 Å². The number of nitrogens with one attached hydrogen (secondary N) is 2. The van der Waals surface area contributed by atoms with Crippen molar-refractivity contribution in [2.45, 2.75) is 133 Å². The van der Waals surface area contributed by atoms with Gasteiger partial charge in [-0.05, 0) is 6.40 Å². The summed E-state index contributed by atoms with van der Waals surface area (Å²) in [6, 6.07) is -1.66. The molecular formula is C29H47ClFN5O11. The van der Waals surface area contributed by atoms with Crippen molar-refractivity contribution in [2.24, 2.45) is 5.29 Å². The second-order valence-corrected chi connectivity index (χ2v) is 11.9. The molecule has 1 aromatic heterocycles. The second-order valence-electron chi connectivity index (χ2n) is 11.6. The number of hydrogen-bond donors (Lipinski definition) is 7. The number of nitroso groups, excluding NO2 is 1. The Morgan fingerprint density at radius 2 is 1.68 bits per heavy atom.